The molecule has 0 saturated heterocycles. The molecule has 130 valence electrons. The smallest absolute Gasteiger partial charge is 0.224 e. The Hall–Kier alpha value is -2.34. The van der Waals surface area contributed by atoms with Crippen molar-refractivity contribution in [2.75, 3.05) is 48.9 Å². The van der Waals surface area contributed by atoms with Crippen molar-refractivity contribution in [2.45, 2.75) is 20.8 Å². The summed E-state index contributed by atoms with van der Waals surface area (Å²) >= 11 is 0. The number of rotatable bonds is 9. The molecule has 0 unspecified atom stereocenters. The fraction of sp³-hybridized carbons (Fsp3) is 0.444. The molecule has 0 radical (unpaired) electrons. The van der Waals surface area contributed by atoms with Crippen molar-refractivity contribution >= 4 is 23.1 Å². The van der Waals surface area contributed by atoms with Crippen LogP contribution in [0.15, 0.2) is 30.5 Å². The zero-order valence-corrected chi connectivity index (χ0v) is 15.0. The van der Waals surface area contributed by atoms with Gasteiger partial charge in [0.25, 0.3) is 0 Å². The molecule has 0 fully saturated rings. The lowest BCUT2D eigenvalue weighted by molar-refractivity contribution is 0.210. The summed E-state index contributed by atoms with van der Waals surface area (Å²) in [6.07, 6.45) is 1.74. The summed E-state index contributed by atoms with van der Waals surface area (Å²) in [5, 5.41) is 6.50. The van der Waals surface area contributed by atoms with Crippen LogP contribution in [0, 0.1) is 6.92 Å². The SMILES string of the molecule is CCN(CC)c1ccc(Nc2ccnc(NCCOC)n2)c(C)c1. The Bertz CT molecular complexity index is 643. The van der Waals surface area contributed by atoms with Gasteiger partial charge in [-0.25, -0.2) is 4.98 Å². The van der Waals surface area contributed by atoms with E-state index in [1.807, 2.05) is 6.07 Å². The summed E-state index contributed by atoms with van der Waals surface area (Å²) in [7, 11) is 1.67. The van der Waals surface area contributed by atoms with E-state index in [0.717, 1.165) is 24.6 Å². The van der Waals surface area contributed by atoms with Gasteiger partial charge in [0.2, 0.25) is 5.95 Å². The Morgan fingerprint density at radius 2 is 1.96 bits per heavy atom. The van der Waals surface area contributed by atoms with Gasteiger partial charge in [0, 0.05) is 44.3 Å². The van der Waals surface area contributed by atoms with Gasteiger partial charge in [-0.05, 0) is 50.6 Å². The summed E-state index contributed by atoms with van der Waals surface area (Å²) in [4.78, 5) is 11.0. The van der Waals surface area contributed by atoms with Crippen LogP contribution in [-0.4, -0.2) is 43.3 Å². The lowest BCUT2D eigenvalue weighted by Gasteiger charge is -2.22. The van der Waals surface area contributed by atoms with Crippen LogP contribution in [0.5, 0.6) is 0 Å². The molecular formula is C18H27N5O. The van der Waals surface area contributed by atoms with Crippen LogP contribution < -0.4 is 15.5 Å². The first kappa shape index (κ1) is 18.0. The number of hydrogen-bond donors (Lipinski definition) is 2. The Balaban J connectivity index is 2.09. The first-order valence-electron chi connectivity index (χ1n) is 8.36. The predicted molar refractivity (Wildman–Crippen MR) is 100 cm³/mol. The first-order chi connectivity index (χ1) is 11.7. The number of benzene rings is 1. The highest BCUT2D eigenvalue weighted by molar-refractivity contribution is 5.65. The van der Waals surface area contributed by atoms with Crippen LogP contribution >= 0.6 is 0 Å². The van der Waals surface area contributed by atoms with Crippen molar-refractivity contribution in [1.82, 2.24) is 9.97 Å². The van der Waals surface area contributed by atoms with E-state index >= 15 is 0 Å². The molecule has 0 spiro atoms. The average molecular weight is 329 g/mol. The molecule has 24 heavy (non-hydrogen) atoms. The van der Waals surface area contributed by atoms with E-state index in [2.05, 4.69) is 64.5 Å². The van der Waals surface area contributed by atoms with Crippen LogP contribution in [0.3, 0.4) is 0 Å². The van der Waals surface area contributed by atoms with E-state index in [1.165, 1.54) is 11.3 Å². The van der Waals surface area contributed by atoms with Crippen LogP contribution in [0.4, 0.5) is 23.1 Å². The van der Waals surface area contributed by atoms with Crippen LogP contribution in [0.1, 0.15) is 19.4 Å². The molecule has 1 aromatic carbocycles. The highest BCUT2D eigenvalue weighted by atomic mass is 16.5. The molecule has 6 nitrogen and oxygen atoms in total. The summed E-state index contributed by atoms with van der Waals surface area (Å²) in [5.74, 6) is 1.36. The second-order valence-corrected chi connectivity index (χ2v) is 5.48. The Morgan fingerprint density at radius 1 is 1.17 bits per heavy atom. The van der Waals surface area contributed by atoms with E-state index in [9.17, 15) is 0 Å². The monoisotopic (exact) mass is 329 g/mol. The third-order valence-electron chi connectivity index (χ3n) is 3.85. The van der Waals surface area contributed by atoms with Crippen molar-refractivity contribution < 1.29 is 4.74 Å². The first-order valence-corrected chi connectivity index (χ1v) is 8.36. The minimum absolute atomic E-state index is 0.592. The van der Waals surface area contributed by atoms with Gasteiger partial charge in [0.15, 0.2) is 0 Å². The fourth-order valence-electron chi connectivity index (χ4n) is 2.49. The van der Waals surface area contributed by atoms with Gasteiger partial charge >= 0.3 is 0 Å². The number of hydrogen-bond acceptors (Lipinski definition) is 6. The molecule has 1 aromatic heterocycles. The molecule has 0 saturated carbocycles. The molecule has 2 N–H and O–H groups in total. The number of aromatic nitrogens is 2. The molecule has 0 bridgehead atoms. The summed E-state index contributed by atoms with van der Waals surface area (Å²) < 4.78 is 5.02. The molecule has 0 atom stereocenters. The largest absolute Gasteiger partial charge is 0.383 e. The van der Waals surface area contributed by atoms with Gasteiger partial charge in [-0.15, -0.1) is 0 Å². The van der Waals surface area contributed by atoms with Crippen molar-refractivity contribution in [3.8, 4) is 0 Å². The maximum atomic E-state index is 5.02. The number of ether oxygens (including phenoxy) is 1. The lowest BCUT2D eigenvalue weighted by atomic mass is 10.1. The maximum Gasteiger partial charge on any atom is 0.224 e. The molecule has 2 aromatic rings. The van der Waals surface area contributed by atoms with Crippen molar-refractivity contribution in [2.24, 2.45) is 0 Å². The van der Waals surface area contributed by atoms with Crippen molar-refractivity contribution in [1.29, 1.82) is 0 Å². The Labute approximate surface area is 144 Å². The number of nitrogens with zero attached hydrogens (tertiary/aromatic N) is 3. The van der Waals surface area contributed by atoms with Gasteiger partial charge in [-0.1, -0.05) is 0 Å². The number of anilines is 4. The van der Waals surface area contributed by atoms with E-state index in [-0.39, 0.29) is 0 Å². The molecule has 6 heteroatoms. The standard InChI is InChI=1S/C18H27N5O/c1-5-23(6-2)15-7-8-16(14(3)13-15)21-17-9-10-19-18(22-17)20-11-12-24-4/h7-10,13H,5-6,11-12H2,1-4H3,(H2,19,20,21,22). The van der Waals surface area contributed by atoms with Gasteiger partial charge in [0.05, 0.1) is 6.61 Å². The second-order valence-electron chi connectivity index (χ2n) is 5.48. The molecule has 0 amide bonds. The van der Waals surface area contributed by atoms with Gasteiger partial charge in [-0.2, -0.15) is 4.98 Å². The van der Waals surface area contributed by atoms with Gasteiger partial charge < -0.3 is 20.3 Å². The molecule has 0 aliphatic rings. The van der Waals surface area contributed by atoms with E-state index in [4.69, 9.17) is 4.74 Å². The quantitative estimate of drug-likeness (QED) is 0.687. The van der Waals surface area contributed by atoms with Crippen molar-refractivity contribution in [3.63, 3.8) is 0 Å². The molecule has 0 aliphatic heterocycles. The number of aryl methyl sites for hydroxylation is 1. The predicted octanol–water partition coefficient (Wildman–Crippen LogP) is 3.43. The topological polar surface area (TPSA) is 62.3 Å². The Morgan fingerprint density at radius 3 is 2.62 bits per heavy atom. The zero-order valence-electron chi connectivity index (χ0n) is 15.0. The normalized spacial score (nSPS) is 10.5. The number of methoxy groups -OCH3 is 1. The van der Waals surface area contributed by atoms with Crippen molar-refractivity contribution in [3.05, 3.63) is 36.0 Å². The minimum Gasteiger partial charge on any atom is -0.383 e. The van der Waals surface area contributed by atoms with Crippen LogP contribution in [-0.2, 0) is 4.74 Å². The Kier molecular flexibility index (Phi) is 6.81. The van der Waals surface area contributed by atoms with Gasteiger partial charge in [-0.3, -0.25) is 0 Å². The van der Waals surface area contributed by atoms with Crippen LogP contribution in [0.2, 0.25) is 0 Å². The highest BCUT2D eigenvalue weighted by Crippen LogP contribution is 2.25. The van der Waals surface area contributed by atoms with E-state index in [1.54, 1.807) is 13.3 Å². The molecule has 1 heterocycles. The third-order valence-corrected chi connectivity index (χ3v) is 3.85. The molecule has 2 rings (SSSR count). The van der Waals surface area contributed by atoms with Crippen LogP contribution in [0.25, 0.3) is 0 Å². The zero-order chi connectivity index (χ0) is 17.4. The number of nitrogens with one attached hydrogen (secondary N) is 2. The highest BCUT2D eigenvalue weighted by Gasteiger charge is 2.06. The molecular weight excluding hydrogens is 302 g/mol. The second kappa shape index (κ2) is 9.08. The van der Waals surface area contributed by atoms with E-state index < -0.39 is 0 Å². The maximum absolute atomic E-state index is 5.02. The lowest BCUT2D eigenvalue weighted by Crippen LogP contribution is -2.21. The summed E-state index contributed by atoms with van der Waals surface area (Å²) in [5.41, 5.74) is 3.48. The average Bonchev–Trinajstić information content (AvgIpc) is 2.59. The third kappa shape index (κ3) is 4.83. The summed E-state index contributed by atoms with van der Waals surface area (Å²) in [6, 6.07) is 8.30. The summed E-state index contributed by atoms with van der Waals surface area (Å²) in [6.45, 7) is 9.75. The fourth-order valence-corrected chi connectivity index (χ4v) is 2.49. The molecule has 0 aliphatic carbocycles. The minimum atomic E-state index is 0.592. The van der Waals surface area contributed by atoms with Gasteiger partial charge in [0.1, 0.15) is 5.82 Å². The van der Waals surface area contributed by atoms with E-state index in [0.29, 0.717) is 19.1 Å².